The van der Waals surface area contributed by atoms with Crippen LogP contribution in [0.2, 0.25) is 0 Å². The van der Waals surface area contributed by atoms with Gasteiger partial charge in [-0.1, -0.05) is 117 Å². The molecule has 2 nitrogen and oxygen atoms in total. The maximum atomic E-state index is 2.37. The fraction of sp³-hybridized carbons (Fsp3) is 0.737. The summed E-state index contributed by atoms with van der Waals surface area (Å²) >= 11 is 4.03. The van der Waals surface area contributed by atoms with Gasteiger partial charge in [-0.05, 0) is 37.2 Å². The lowest BCUT2D eigenvalue weighted by Gasteiger charge is -2.04. The van der Waals surface area contributed by atoms with E-state index in [-0.39, 0.29) is 34.0 Å². The Balaban J connectivity index is 0.00000924. The lowest BCUT2D eigenvalue weighted by Crippen LogP contribution is -3.00. The van der Waals surface area contributed by atoms with Crippen LogP contribution in [0, 0.1) is 0 Å². The van der Waals surface area contributed by atoms with Gasteiger partial charge in [-0.15, -0.1) is 23.5 Å². The fourth-order valence-electron chi connectivity index (χ4n) is 5.53. The Labute approximate surface area is 303 Å². The molecule has 0 spiro atoms. The molecule has 0 N–H and O–H groups in total. The molecule has 0 aliphatic rings. The van der Waals surface area contributed by atoms with Crippen LogP contribution >= 0.6 is 23.5 Å². The number of aryl methyl sites for hydroxylation is 2. The molecule has 0 atom stereocenters. The van der Waals surface area contributed by atoms with Gasteiger partial charge in [-0.2, -0.15) is 0 Å². The molecule has 254 valence electrons. The number of nitrogens with zero attached hydrogens (tertiary/aromatic N) is 2. The smallest absolute Gasteiger partial charge is 0.169 e. The van der Waals surface area contributed by atoms with Crippen LogP contribution in [0.1, 0.15) is 155 Å². The molecule has 6 heteroatoms. The third-order valence-corrected chi connectivity index (χ3v) is 10.5. The summed E-state index contributed by atoms with van der Waals surface area (Å²) < 4.78 is 4.73. The number of hydrogen-bond donors (Lipinski definition) is 0. The normalized spacial score (nSPS) is 10.9. The summed E-state index contributed by atoms with van der Waals surface area (Å²) in [6, 6.07) is 9.24. The van der Waals surface area contributed by atoms with E-state index in [0.717, 1.165) is 13.1 Å². The van der Waals surface area contributed by atoms with Gasteiger partial charge < -0.3 is 34.0 Å². The summed E-state index contributed by atoms with van der Waals surface area (Å²) in [5.41, 5.74) is 0. The summed E-state index contributed by atoms with van der Waals surface area (Å²) in [5, 5.41) is 0. The quantitative estimate of drug-likeness (QED) is 0.0590. The van der Waals surface area contributed by atoms with Crippen molar-refractivity contribution in [2.75, 3.05) is 11.5 Å². The third-order valence-electron chi connectivity index (χ3n) is 8.34. The molecule has 0 radical (unpaired) electrons. The highest BCUT2D eigenvalue weighted by molar-refractivity contribution is 7.99. The summed E-state index contributed by atoms with van der Waals surface area (Å²) in [7, 11) is 0. The van der Waals surface area contributed by atoms with Crippen LogP contribution in [0.4, 0.5) is 0 Å². The zero-order valence-corrected chi connectivity index (χ0v) is 33.3. The van der Waals surface area contributed by atoms with Crippen LogP contribution in [0.15, 0.2) is 58.8 Å². The lowest BCUT2D eigenvalue weighted by atomic mass is 10.1. The van der Waals surface area contributed by atoms with E-state index in [2.05, 4.69) is 72.0 Å². The summed E-state index contributed by atoms with van der Waals surface area (Å²) in [6.45, 7) is 6.92. The van der Waals surface area contributed by atoms with E-state index in [1.54, 1.807) is 0 Å². The van der Waals surface area contributed by atoms with Crippen molar-refractivity contribution in [2.45, 2.75) is 178 Å². The first-order chi connectivity index (χ1) is 20.8. The number of thioether (sulfide) groups is 2. The van der Waals surface area contributed by atoms with Gasteiger partial charge in [0.2, 0.25) is 0 Å². The number of unbranched alkanes of at least 4 members (excludes halogenated alkanes) is 19. The Morgan fingerprint density at radius 3 is 0.955 bits per heavy atom. The molecule has 0 amide bonds. The maximum absolute atomic E-state index is 2.37. The Morgan fingerprint density at radius 1 is 0.386 bits per heavy atom. The standard InChI is InChI=1S/C38H66N2S2.2BrH/c1-3-5-7-9-11-13-15-17-19-21-29-39-31-25-37(26-32-39)41-35-23-24-36-42-38-27-33-40(34-28-38)30-22-20-18-16-14-12-10-8-6-4-2;;/h25-28,31-34H,3-24,29-30,35-36H2,1-2H3;2*1H/q+2;;/p-2. The van der Waals surface area contributed by atoms with E-state index in [4.69, 9.17) is 0 Å². The van der Waals surface area contributed by atoms with Crippen molar-refractivity contribution < 1.29 is 43.1 Å². The fourth-order valence-corrected chi connectivity index (χ4v) is 7.32. The van der Waals surface area contributed by atoms with Crippen molar-refractivity contribution >= 4 is 23.5 Å². The molecule has 2 rings (SSSR count). The zero-order valence-electron chi connectivity index (χ0n) is 28.5. The molecule has 2 heterocycles. The average molecular weight is 775 g/mol. The molecule has 0 aliphatic heterocycles. The number of halogens is 2. The molecular formula is C38H66Br2N2S2. The van der Waals surface area contributed by atoms with Gasteiger partial charge in [0.1, 0.15) is 13.1 Å². The van der Waals surface area contributed by atoms with E-state index >= 15 is 0 Å². The highest BCUT2D eigenvalue weighted by atomic mass is 79.9. The van der Waals surface area contributed by atoms with Crippen LogP contribution in [0.25, 0.3) is 0 Å². The largest absolute Gasteiger partial charge is 1.00 e. The minimum absolute atomic E-state index is 0. The second-order valence-corrected chi connectivity index (χ2v) is 14.6. The highest BCUT2D eigenvalue weighted by Crippen LogP contribution is 2.21. The molecule has 0 saturated heterocycles. The summed E-state index contributed by atoms with van der Waals surface area (Å²) in [4.78, 5) is 2.83. The first kappa shape index (κ1) is 44.0. The van der Waals surface area contributed by atoms with Crippen LogP contribution in [0.3, 0.4) is 0 Å². The van der Waals surface area contributed by atoms with Crippen LogP contribution in [0.5, 0.6) is 0 Å². The minimum atomic E-state index is 0. The molecule has 2 aromatic rings. The first-order valence-corrected chi connectivity index (χ1v) is 20.0. The molecular weight excluding hydrogens is 708 g/mol. The van der Waals surface area contributed by atoms with Gasteiger partial charge in [-0.25, -0.2) is 9.13 Å². The Bertz CT molecular complexity index is 777. The molecule has 0 aromatic carbocycles. The molecule has 0 saturated carbocycles. The van der Waals surface area contributed by atoms with Crippen LogP contribution < -0.4 is 43.1 Å². The van der Waals surface area contributed by atoms with Gasteiger partial charge in [0.15, 0.2) is 24.8 Å². The van der Waals surface area contributed by atoms with Crippen molar-refractivity contribution in [3.8, 4) is 0 Å². The molecule has 0 bridgehead atoms. The highest BCUT2D eigenvalue weighted by Gasteiger charge is 2.04. The summed E-state index contributed by atoms with van der Waals surface area (Å²) in [6.07, 6.45) is 39.8. The summed E-state index contributed by atoms with van der Waals surface area (Å²) in [5.74, 6) is 2.44. The van der Waals surface area contributed by atoms with Gasteiger partial charge in [0.25, 0.3) is 0 Å². The van der Waals surface area contributed by atoms with Crippen LogP contribution in [-0.4, -0.2) is 11.5 Å². The van der Waals surface area contributed by atoms with Gasteiger partial charge in [-0.3, -0.25) is 0 Å². The van der Waals surface area contributed by atoms with E-state index in [9.17, 15) is 0 Å². The van der Waals surface area contributed by atoms with Gasteiger partial charge in [0.05, 0.1) is 0 Å². The predicted octanol–water partition coefficient (Wildman–Crippen LogP) is 5.78. The van der Waals surface area contributed by atoms with Crippen molar-refractivity contribution in [1.29, 1.82) is 0 Å². The third kappa shape index (κ3) is 25.1. The van der Waals surface area contributed by atoms with Gasteiger partial charge >= 0.3 is 0 Å². The second-order valence-electron chi connectivity index (χ2n) is 12.3. The van der Waals surface area contributed by atoms with Crippen molar-refractivity contribution in [3.05, 3.63) is 49.1 Å². The predicted molar refractivity (Wildman–Crippen MR) is 188 cm³/mol. The number of hydrogen-bond acceptors (Lipinski definition) is 2. The molecule has 0 aliphatic carbocycles. The number of pyridine rings is 2. The first-order valence-electron chi connectivity index (χ1n) is 18.1. The van der Waals surface area contributed by atoms with E-state index in [1.807, 2.05) is 23.5 Å². The SMILES string of the molecule is CCCCCCCCCCCC[n+]1ccc(SCCCCSc2cc[n+](CCCCCCCCCCCC)cc2)cc1.[Br-].[Br-]. The monoisotopic (exact) mass is 772 g/mol. The van der Waals surface area contributed by atoms with E-state index in [0.29, 0.717) is 0 Å². The number of rotatable bonds is 29. The van der Waals surface area contributed by atoms with Crippen molar-refractivity contribution in [3.63, 3.8) is 0 Å². The molecule has 2 aromatic heterocycles. The minimum Gasteiger partial charge on any atom is -1.00 e. The van der Waals surface area contributed by atoms with Gasteiger partial charge in [0, 0.05) is 46.9 Å². The Hall–Kier alpha value is -0.0400. The average Bonchev–Trinajstić information content (AvgIpc) is 3.02. The maximum Gasteiger partial charge on any atom is 0.169 e. The second kappa shape index (κ2) is 32.9. The Morgan fingerprint density at radius 2 is 0.659 bits per heavy atom. The lowest BCUT2D eigenvalue weighted by molar-refractivity contribution is -0.697. The molecule has 0 unspecified atom stereocenters. The van der Waals surface area contributed by atoms with Crippen molar-refractivity contribution in [2.24, 2.45) is 0 Å². The topological polar surface area (TPSA) is 7.76 Å². The Kier molecular flexibility index (Phi) is 32.9. The van der Waals surface area contributed by atoms with Crippen molar-refractivity contribution in [1.82, 2.24) is 0 Å². The molecule has 0 fully saturated rings. The van der Waals surface area contributed by atoms with Crippen LogP contribution in [-0.2, 0) is 13.1 Å². The number of aromatic nitrogens is 2. The zero-order chi connectivity index (χ0) is 29.8. The van der Waals surface area contributed by atoms with E-state index in [1.165, 1.54) is 163 Å². The van der Waals surface area contributed by atoms with E-state index < -0.39 is 0 Å². The molecule has 44 heavy (non-hydrogen) atoms.